The van der Waals surface area contributed by atoms with Gasteiger partial charge >= 0.3 is 0 Å². The van der Waals surface area contributed by atoms with Crippen molar-refractivity contribution in [3.05, 3.63) is 53.6 Å². The average molecular weight is 387 g/mol. The van der Waals surface area contributed by atoms with Gasteiger partial charge in [-0.2, -0.15) is 0 Å². The summed E-state index contributed by atoms with van der Waals surface area (Å²) in [5.74, 6) is 0.389. The fraction of sp³-hybridized carbons (Fsp3) is 0.560. The van der Waals surface area contributed by atoms with Crippen LogP contribution in [0.4, 0.5) is 0 Å². The van der Waals surface area contributed by atoms with Gasteiger partial charge in [0.25, 0.3) is 0 Å². The van der Waals surface area contributed by atoms with E-state index in [1.165, 1.54) is 16.0 Å². The highest BCUT2D eigenvalue weighted by Gasteiger charge is 2.36. The van der Waals surface area contributed by atoms with Crippen molar-refractivity contribution in [1.82, 2.24) is 0 Å². The minimum atomic E-state index is -0.401. The largest absolute Gasteiger partial charge is 0.298 e. The van der Waals surface area contributed by atoms with Crippen molar-refractivity contribution in [3.63, 3.8) is 0 Å². The van der Waals surface area contributed by atoms with E-state index in [4.69, 9.17) is 0 Å². The number of thioether (sulfide) groups is 1. The number of carbonyl (C=O) groups excluding carboxylic acids is 1. The standard InChI is InChI=1S/C25H38OS/c1-6-12-21(4)17-19-25(24(26)14-8-3,20-18-22(5)13-7-2)27-23-15-10-9-11-16-23/h9-11,15-18H,6-8,12-14,19-20H2,1-5H3/b21-17-,22-18-. The van der Waals surface area contributed by atoms with E-state index in [1.54, 1.807) is 11.8 Å². The Bertz CT molecular complexity index is 588. The van der Waals surface area contributed by atoms with Gasteiger partial charge in [0, 0.05) is 11.3 Å². The Morgan fingerprint density at radius 2 is 1.33 bits per heavy atom. The van der Waals surface area contributed by atoms with Gasteiger partial charge in [-0.15, -0.1) is 11.8 Å². The SMILES string of the molecule is CCCC(=O)C(C/C=C(/C)CCC)(C/C=C(/C)CCC)Sc1ccccc1. The Labute approximate surface area is 171 Å². The minimum Gasteiger partial charge on any atom is -0.298 e. The summed E-state index contributed by atoms with van der Waals surface area (Å²) >= 11 is 1.77. The summed E-state index contributed by atoms with van der Waals surface area (Å²) in [4.78, 5) is 14.5. The lowest BCUT2D eigenvalue weighted by Crippen LogP contribution is -2.34. The highest BCUT2D eigenvalue weighted by atomic mass is 32.2. The molecule has 1 rings (SSSR count). The molecule has 0 N–H and O–H groups in total. The van der Waals surface area contributed by atoms with E-state index in [0.717, 1.165) is 44.9 Å². The maximum Gasteiger partial charge on any atom is 0.149 e. The molecule has 0 saturated carbocycles. The fourth-order valence-electron chi connectivity index (χ4n) is 3.29. The molecule has 0 aliphatic heterocycles. The molecule has 27 heavy (non-hydrogen) atoms. The van der Waals surface area contributed by atoms with E-state index in [9.17, 15) is 4.79 Å². The third-order valence-corrected chi connectivity index (χ3v) is 6.35. The first-order valence-electron chi connectivity index (χ1n) is 10.6. The van der Waals surface area contributed by atoms with Crippen LogP contribution < -0.4 is 0 Å². The van der Waals surface area contributed by atoms with E-state index in [1.807, 2.05) is 6.07 Å². The highest BCUT2D eigenvalue weighted by Crippen LogP contribution is 2.42. The molecule has 0 radical (unpaired) electrons. The smallest absolute Gasteiger partial charge is 0.149 e. The molecule has 0 aromatic heterocycles. The predicted octanol–water partition coefficient (Wildman–Crippen LogP) is 8.16. The third kappa shape index (κ3) is 8.51. The summed E-state index contributed by atoms with van der Waals surface area (Å²) in [6.07, 6.45) is 12.3. The second-order valence-electron chi connectivity index (χ2n) is 7.59. The predicted molar refractivity (Wildman–Crippen MR) is 122 cm³/mol. The van der Waals surface area contributed by atoms with Gasteiger partial charge in [-0.05, 0) is 58.1 Å². The number of Topliss-reactive ketones (excluding diaryl/α,β-unsaturated/α-hetero) is 1. The molecule has 1 aromatic rings. The van der Waals surface area contributed by atoms with E-state index in [2.05, 4.69) is 71.0 Å². The summed E-state index contributed by atoms with van der Waals surface area (Å²) in [6, 6.07) is 10.4. The van der Waals surface area contributed by atoms with Crippen LogP contribution in [0.15, 0.2) is 58.5 Å². The zero-order chi connectivity index (χ0) is 20.1. The molecule has 0 spiro atoms. The molecule has 0 unspecified atom stereocenters. The van der Waals surface area contributed by atoms with Crippen LogP contribution in [0.5, 0.6) is 0 Å². The fourth-order valence-corrected chi connectivity index (χ4v) is 4.58. The second-order valence-corrected chi connectivity index (χ2v) is 9.05. The monoisotopic (exact) mass is 386 g/mol. The maximum absolute atomic E-state index is 13.3. The van der Waals surface area contributed by atoms with Gasteiger partial charge in [0.05, 0.1) is 4.75 Å². The van der Waals surface area contributed by atoms with Gasteiger partial charge in [-0.3, -0.25) is 4.79 Å². The zero-order valence-electron chi connectivity index (χ0n) is 18.0. The second kappa shape index (κ2) is 13.0. The Morgan fingerprint density at radius 3 is 1.78 bits per heavy atom. The molecule has 0 atom stereocenters. The summed E-state index contributed by atoms with van der Waals surface area (Å²) in [5.41, 5.74) is 2.79. The summed E-state index contributed by atoms with van der Waals surface area (Å²) < 4.78 is -0.401. The molecule has 0 saturated heterocycles. The van der Waals surface area contributed by atoms with Crippen LogP contribution in [0, 0.1) is 0 Å². The van der Waals surface area contributed by atoms with Crippen molar-refractivity contribution in [3.8, 4) is 0 Å². The van der Waals surface area contributed by atoms with Crippen molar-refractivity contribution in [2.24, 2.45) is 0 Å². The van der Waals surface area contributed by atoms with E-state index < -0.39 is 4.75 Å². The molecule has 1 nitrogen and oxygen atoms in total. The van der Waals surface area contributed by atoms with Crippen molar-refractivity contribution >= 4 is 17.5 Å². The van der Waals surface area contributed by atoms with E-state index in [0.29, 0.717) is 12.2 Å². The van der Waals surface area contributed by atoms with Gasteiger partial charge in [-0.1, -0.05) is 75.1 Å². The molecule has 150 valence electrons. The van der Waals surface area contributed by atoms with Crippen molar-refractivity contribution in [2.75, 3.05) is 0 Å². The normalized spacial score (nSPS) is 13.1. The molecular formula is C25H38OS. The quantitative estimate of drug-likeness (QED) is 0.251. The molecule has 2 heteroatoms. The van der Waals surface area contributed by atoms with Crippen LogP contribution in [0.2, 0.25) is 0 Å². The molecule has 1 aromatic carbocycles. The van der Waals surface area contributed by atoms with Gasteiger partial charge in [0.2, 0.25) is 0 Å². The average Bonchev–Trinajstić information content (AvgIpc) is 2.65. The topological polar surface area (TPSA) is 17.1 Å². The lowest BCUT2D eigenvalue weighted by Gasteiger charge is -2.31. The maximum atomic E-state index is 13.3. The number of carbonyl (C=O) groups is 1. The third-order valence-electron chi connectivity index (χ3n) is 4.89. The summed E-state index contributed by atoms with van der Waals surface area (Å²) in [6.45, 7) is 10.9. The van der Waals surface area contributed by atoms with Gasteiger partial charge in [-0.25, -0.2) is 0 Å². The van der Waals surface area contributed by atoms with E-state index in [-0.39, 0.29) is 0 Å². The first-order valence-corrected chi connectivity index (χ1v) is 11.4. The van der Waals surface area contributed by atoms with Crippen LogP contribution in [-0.2, 0) is 4.79 Å². The van der Waals surface area contributed by atoms with Gasteiger partial charge in [0.1, 0.15) is 5.78 Å². The zero-order valence-corrected chi connectivity index (χ0v) is 18.8. The van der Waals surface area contributed by atoms with Crippen molar-refractivity contribution in [1.29, 1.82) is 0 Å². The van der Waals surface area contributed by atoms with Gasteiger partial charge in [0.15, 0.2) is 0 Å². The first-order chi connectivity index (χ1) is 13.0. The minimum absolute atomic E-state index is 0.389. The van der Waals surface area contributed by atoms with Crippen molar-refractivity contribution in [2.45, 2.75) is 95.6 Å². The van der Waals surface area contributed by atoms with Crippen LogP contribution in [0.25, 0.3) is 0 Å². The molecule has 0 heterocycles. The van der Waals surface area contributed by atoms with Crippen LogP contribution >= 0.6 is 11.8 Å². The summed E-state index contributed by atoms with van der Waals surface area (Å²) in [7, 11) is 0. The summed E-state index contributed by atoms with van der Waals surface area (Å²) in [5, 5.41) is 0. The Hall–Kier alpha value is -1.28. The molecule has 0 bridgehead atoms. The molecular weight excluding hydrogens is 348 g/mol. The van der Waals surface area contributed by atoms with Gasteiger partial charge < -0.3 is 0 Å². The number of benzene rings is 1. The Morgan fingerprint density at radius 1 is 0.852 bits per heavy atom. The Balaban J connectivity index is 3.24. The van der Waals surface area contributed by atoms with Crippen LogP contribution in [0.3, 0.4) is 0 Å². The lowest BCUT2D eigenvalue weighted by molar-refractivity contribution is -0.121. The lowest BCUT2D eigenvalue weighted by atomic mass is 9.90. The van der Waals surface area contributed by atoms with Crippen LogP contribution in [-0.4, -0.2) is 10.5 Å². The molecule has 0 aliphatic carbocycles. The van der Waals surface area contributed by atoms with Crippen molar-refractivity contribution < 1.29 is 4.79 Å². The Kier molecular flexibility index (Phi) is 11.4. The number of hydrogen-bond acceptors (Lipinski definition) is 2. The molecule has 0 aliphatic rings. The number of hydrogen-bond donors (Lipinski definition) is 0. The first kappa shape index (κ1) is 23.8. The van der Waals surface area contributed by atoms with E-state index >= 15 is 0 Å². The number of ketones is 1. The number of allylic oxidation sites excluding steroid dienone is 4. The molecule has 0 amide bonds. The highest BCUT2D eigenvalue weighted by molar-refractivity contribution is 8.01. The molecule has 0 fully saturated rings. The van der Waals surface area contributed by atoms with Crippen LogP contribution in [0.1, 0.15) is 86.0 Å². The number of rotatable bonds is 13.